The summed E-state index contributed by atoms with van der Waals surface area (Å²) in [6.07, 6.45) is 4.68. The van der Waals surface area contributed by atoms with Gasteiger partial charge < -0.3 is 4.90 Å². The standard InChI is InChI=1S/C14H16BrN3/c1-11-13(15)5-6-14(17-11)18(2)9-7-12-4-3-8-16-10-12/h3-6,8,10H,7,9H2,1-2H3. The number of likely N-dealkylation sites (N-methyl/N-ethyl adjacent to an activating group) is 1. The lowest BCUT2D eigenvalue weighted by molar-refractivity contribution is 0.852. The number of anilines is 1. The van der Waals surface area contributed by atoms with Crippen LogP contribution >= 0.6 is 15.9 Å². The fourth-order valence-electron chi connectivity index (χ4n) is 1.70. The van der Waals surface area contributed by atoms with Gasteiger partial charge in [0.1, 0.15) is 5.82 Å². The van der Waals surface area contributed by atoms with Crippen LogP contribution in [-0.4, -0.2) is 23.6 Å². The van der Waals surface area contributed by atoms with E-state index in [0.717, 1.165) is 29.0 Å². The van der Waals surface area contributed by atoms with E-state index in [-0.39, 0.29) is 0 Å². The maximum absolute atomic E-state index is 4.55. The summed E-state index contributed by atoms with van der Waals surface area (Å²) in [5, 5.41) is 0. The maximum atomic E-state index is 4.55. The number of halogens is 1. The highest BCUT2D eigenvalue weighted by Gasteiger charge is 2.04. The molecule has 0 bridgehead atoms. The molecular formula is C14H16BrN3. The third kappa shape index (κ3) is 3.29. The maximum Gasteiger partial charge on any atom is 0.128 e. The van der Waals surface area contributed by atoms with E-state index >= 15 is 0 Å². The molecule has 3 nitrogen and oxygen atoms in total. The van der Waals surface area contributed by atoms with E-state index in [1.165, 1.54) is 5.56 Å². The van der Waals surface area contributed by atoms with Crippen LogP contribution in [0.1, 0.15) is 11.3 Å². The molecular weight excluding hydrogens is 290 g/mol. The number of nitrogens with zero attached hydrogens (tertiary/aromatic N) is 3. The predicted octanol–water partition coefficient (Wildman–Crippen LogP) is 3.23. The zero-order valence-electron chi connectivity index (χ0n) is 10.6. The normalized spacial score (nSPS) is 10.4. The monoisotopic (exact) mass is 305 g/mol. The summed E-state index contributed by atoms with van der Waals surface area (Å²) in [5.74, 6) is 1.000. The molecule has 0 aliphatic carbocycles. The predicted molar refractivity (Wildman–Crippen MR) is 77.9 cm³/mol. The Bertz CT molecular complexity index is 514. The van der Waals surface area contributed by atoms with E-state index in [1.54, 1.807) is 6.20 Å². The van der Waals surface area contributed by atoms with Gasteiger partial charge >= 0.3 is 0 Å². The Balaban J connectivity index is 1.99. The van der Waals surface area contributed by atoms with Gasteiger partial charge in [-0.2, -0.15) is 0 Å². The van der Waals surface area contributed by atoms with Gasteiger partial charge in [0, 0.05) is 30.5 Å². The van der Waals surface area contributed by atoms with Crippen molar-refractivity contribution >= 4 is 21.7 Å². The first-order valence-electron chi connectivity index (χ1n) is 5.90. The van der Waals surface area contributed by atoms with Crippen LogP contribution in [0, 0.1) is 6.92 Å². The number of aryl methyl sites for hydroxylation is 1. The summed E-state index contributed by atoms with van der Waals surface area (Å²) in [5.41, 5.74) is 2.26. The van der Waals surface area contributed by atoms with Crippen LogP contribution in [0.2, 0.25) is 0 Å². The second-order valence-electron chi connectivity index (χ2n) is 4.27. The molecule has 0 aliphatic heterocycles. The van der Waals surface area contributed by atoms with Crippen molar-refractivity contribution in [2.75, 3.05) is 18.5 Å². The van der Waals surface area contributed by atoms with Gasteiger partial charge in [0.25, 0.3) is 0 Å². The third-order valence-corrected chi connectivity index (χ3v) is 3.69. The van der Waals surface area contributed by atoms with Gasteiger partial charge in [-0.25, -0.2) is 4.98 Å². The van der Waals surface area contributed by atoms with Gasteiger partial charge in [-0.05, 0) is 53.0 Å². The Morgan fingerprint density at radius 3 is 2.78 bits per heavy atom. The highest BCUT2D eigenvalue weighted by molar-refractivity contribution is 9.10. The molecule has 2 aromatic rings. The molecule has 94 valence electrons. The topological polar surface area (TPSA) is 29.0 Å². The second kappa shape index (κ2) is 5.96. The van der Waals surface area contributed by atoms with Gasteiger partial charge in [-0.1, -0.05) is 6.07 Å². The molecule has 0 spiro atoms. The quantitative estimate of drug-likeness (QED) is 0.868. The summed E-state index contributed by atoms with van der Waals surface area (Å²) >= 11 is 3.46. The number of hydrogen-bond donors (Lipinski definition) is 0. The summed E-state index contributed by atoms with van der Waals surface area (Å²) < 4.78 is 1.05. The van der Waals surface area contributed by atoms with Crippen LogP contribution in [0.5, 0.6) is 0 Å². The van der Waals surface area contributed by atoms with Gasteiger partial charge in [0.05, 0.1) is 5.69 Å². The number of pyridine rings is 2. The lowest BCUT2D eigenvalue weighted by atomic mass is 10.2. The van der Waals surface area contributed by atoms with E-state index in [0.29, 0.717) is 0 Å². The summed E-state index contributed by atoms with van der Waals surface area (Å²) in [7, 11) is 2.06. The number of rotatable bonds is 4. The van der Waals surface area contributed by atoms with Gasteiger partial charge in [-0.15, -0.1) is 0 Å². The molecule has 0 saturated heterocycles. The minimum atomic E-state index is 0.930. The SMILES string of the molecule is Cc1nc(N(C)CCc2cccnc2)ccc1Br. The van der Waals surface area contributed by atoms with Crippen molar-refractivity contribution in [2.24, 2.45) is 0 Å². The molecule has 0 radical (unpaired) electrons. The van der Waals surface area contributed by atoms with Crippen LogP contribution in [-0.2, 0) is 6.42 Å². The van der Waals surface area contributed by atoms with Crippen LogP contribution in [0.3, 0.4) is 0 Å². The fraction of sp³-hybridized carbons (Fsp3) is 0.286. The molecule has 0 amide bonds. The van der Waals surface area contributed by atoms with E-state index < -0.39 is 0 Å². The summed E-state index contributed by atoms with van der Waals surface area (Å²) in [4.78, 5) is 10.8. The molecule has 0 unspecified atom stereocenters. The average Bonchev–Trinajstić information content (AvgIpc) is 2.40. The summed E-state index contributed by atoms with van der Waals surface area (Å²) in [6, 6.07) is 8.14. The lowest BCUT2D eigenvalue weighted by Gasteiger charge is -2.18. The van der Waals surface area contributed by atoms with Crippen molar-refractivity contribution in [3.63, 3.8) is 0 Å². The van der Waals surface area contributed by atoms with Crippen molar-refractivity contribution in [1.29, 1.82) is 0 Å². The zero-order valence-corrected chi connectivity index (χ0v) is 12.2. The van der Waals surface area contributed by atoms with E-state index in [2.05, 4.69) is 43.9 Å². The Morgan fingerprint density at radius 2 is 2.11 bits per heavy atom. The molecule has 0 aromatic carbocycles. The van der Waals surface area contributed by atoms with Gasteiger partial charge in [-0.3, -0.25) is 4.98 Å². The van der Waals surface area contributed by atoms with E-state index in [4.69, 9.17) is 0 Å². The van der Waals surface area contributed by atoms with Crippen LogP contribution in [0.4, 0.5) is 5.82 Å². The number of hydrogen-bond acceptors (Lipinski definition) is 3. The minimum Gasteiger partial charge on any atom is -0.359 e. The molecule has 0 aliphatic rings. The Hall–Kier alpha value is -1.42. The highest BCUT2D eigenvalue weighted by atomic mass is 79.9. The van der Waals surface area contributed by atoms with Gasteiger partial charge in [0.2, 0.25) is 0 Å². The second-order valence-corrected chi connectivity index (χ2v) is 5.12. The Labute approximate surface area is 116 Å². The minimum absolute atomic E-state index is 0.930. The first-order chi connectivity index (χ1) is 8.66. The van der Waals surface area contributed by atoms with E-state index in [9.17, 15) is 0 Å². The molecule has 0 saturated carbocycles. The molecule has 2 heterocycles. The fourth-order valence-corrected chi connectivity index (χ4v) is 1.92. The molecule has 18 heavy (non-hydrogen) atoms. The Morgan fingerprint density at radius 1 is 1.28 bits per heavy atom. The first kappa shape index (κ1) is 13.0. The van der Waals surface area contributed by atoms with Crippen molar-refractivity contribution in [3.05, 3.63) is 52.4 Å². The molecule has 0 fully saturated rings. The van der Waals surface area contributed by atoms with Crippen LogP contribution < -0.4 is 4.90 Å². The van der Waals surface area contributed by atoms with Crippen molar-refractivity contribution < 1.29 is 0 Å². The molecule has 0 N–H and O–H groups in total. The summed E-state index contributed by atoms with van der Waals surface area (Å²) in [6.45, 7) is 2.93. The van der Waals surface area contributed by atoms with Crippen molar-refractivity contribution in [3.8, 4) is 0 Å². The third-order valence-electron chi connectivity index (χ3n) is 2.86. The van der Waals surface area contributed by atoms with E-state index in [1.807, 2.05) is 31.3 Å². The lowest BCUT2D eigenvalue weighted by Crippen LogP contribution is -2.21. The average molecular weight is 306 g/mol. The van der Waals surface area contributed by atoms with Crippen molar-refractivity contribution in [1.82, 2.24) is 9.97 Å². The van der Waals surface area contributed by atoms with Gasteiger partial charge in [0.15, 0.2) is 0 Å². The van der Waals surface area contributed by atoms with Crippen LogP contribution in [0.15, 0.2) is 41.1 Å². The molecule has 2 rings (SSSR count). The van der Waals surface area contributed by atoms with Crippen LogP contribution in [0.25, 0.3) is 0 Å². The van der Waals surface area contributed by atoms with Crippen molar-refractivity contribution in [2.45, 2.75) is 13.3 Å². The largest absolute Gasteiger partial charge is 0.359 e. The molecule has 4 heteroatoms. The first-order valence-corrected chi connectivity index (χ1v) is 6.69. The smallest absolute Gasteiger partial charge is 0.128 e. The Kier molecular flexibility index (Phi) is 4.31. The number of aromatic nitrogens is 2. The zero-order chi connectivity index (χ0) is 13.0. The molecule has 0 atom stereocenters. The highest BCUT2D eigenvalue weighted by Crippen LogP contribution is 2.18. The molecule has 2 aromatic heterocycles.